The fourth-order valence-corrected chi connectivity index (χ4v) is 2.70. The van der Waals surface area contributed by atoms with Gasteiger partial charge in [0.1, 0.15) is 36.6 Å². The molecule has 0 amide bonds. The summed E-state index contributed by atoms with van der Waals surface area (Å²) in [6, 6.07) is 24.4. The van der Waals surface area contributed by atoms with Crippen LogP contribution in [0.5, 0.6) is 17.2 Å². The third kappa shape index (κ3) is 6.28. The molecule has 3 rings (SSSR count). The molecular weight excluding hydrogens is 368 g/mol. The smallest absolute Gasteiger partial charge is 0.338 e. The fourth-order valence-electron chi connectivity index (χ4n) is 2.70. The molecule has 5 nitrogen and oxygen atoms in total. The van der Waals surface area contributed by atoms with Gasteiger partial charge in [-0.15, -0.1) is 0 Å². The van der Waals surface area contributed by atoms with Gasteiger partial charge in [0.05, 0.1) is 12.7 Å². The zero-order valence-corrected chi connectivity index (χ0v) is 16.5. The first-order chi connectivity index (χ1) is 14.1. The second-order valence-corrected chi connectivity index (χ2v) is 6.51. The standard InChI is InChI=1S/C24H24O5/c1-18(16-27-21-11-7-4-8-12-21)29-23-14-20(24(25)26-2)13-22(15-23)28-17-19-9-5-3-6-10-19/h3-15,18H,16-17H2,1-2H3/t18-/m0/s1. The molecule has 0 aromatic heterocycles. The van der Waals surface area contributed by atoms with E-state index in [-0.39, 0.29) is 6.10 Å². The Bertz CT molecular complexity index is 909. The molecular formula is C24H24O5. The maximum atomic E-state index is 12.0. The number of benzene rings is 3. The van der Waals surface area contributed by atoms with Crippen molar-refractivity contribution in [3.8, 4) is 17.2 Å². The Morgan fingerprint density at radius 1 is 0.828 bits per heavy atom. The molecule has 0 N–H and O–H groups in total. The van der Waals surface area contributed by atoms with E-state index in [1.165, 1.54) is 7.11 Å². The zero-order valence-electron chi connectivity index (χ0n) is 16.5. The van der Waals surface area contributed by atoms with E-state index in [4.69, 9.17) is 18.9 Å². The number of hydrogen-bond acceptors (Lipinski definition) is 5. The van der Waals surface area contributed by atoms with Crippen LogP contribution in [0.25, 0.3) is 0 Å². The second kappa shape index (κ2) is 10.2. The summed E-state index contributed by atoms with van der Waals surface area (Å²) >= 11 is 0. The van der Waals surface area contributed by atoms with Crippen molar-refractivity contribution in [3.05, 3.63) is 90.0 Å². The molecule has 0 bridgehead atoms. The van der Waals surface area contributed by atoms with Crippen LogP contribution < -0.4 is 14.2 Å². The molecule has 0 unspecified atom stereocenters. The van der Waals surface area contributed by atoms with Crippen LogP contribution in [0, 0.1) is 0 Å². The average molecular weight is 392 g/mol. The summed E-state index contributed by atoms with van der Waals surface area (Å²) in [5.74, 6) is 1.37. The molecule has 1 atom stereocenters. The lowest BCUT2D eigenvalue weighted by Crippen LogP contribution is -2.21. The van der Waals surface area contributed by atoms with Crippen LogP contribution in [0.1, 0.15) is 22.8 Å². The molecule has 0 heterocycles. The molecule has 0 fully saturated rings. The molecule has 0 spiro atoms. The first kappa shape index (κ1) is 20.3. The van der Waals surface area contributed by atoms with Crippen LogP contribution in [-0.4, -0.2) is 25.8 Å². The fraction of sp³-hybridized carbons (Fsp3) is 0.208. The number of para-hydroxylation sites is 1. The van der Waals surface area contributed by atoms with E-state index >= 15 is 0 Å². The summed E-state index contributed by atoms with van der Waals surface area (Å²) in [7, 11) is 1.34. The van der Waals surface area contributed by atoms with Crippen molar-refractivity contribution in [2.45, 2.75) is 19.6 Å². The first-order valence-corrected chi connectivity index (χ1v) is 9.38. The molecule has 150 valence electrons. The number of rotatable bonds is 9. The predicted molar refractivity (Wildman–Crippen MR) is 111 cm³/mol. The van der Waals surface area contributed by atoms with Crippen LogP contribution in [0.3, 0.4) is 0 Å². The minimum Gasteiger partial charge on any atom is -0.490 e. The molecule has 5 heteroatoms. The highest BCUT2D eigenvalue weighted by molar-refractivity contribution is 5.90. The van der Waals surface area contributed by atoms with Crippen LogP contribution in [0.2, 0.25) is 0 Å². The summed E-state index contributed by atoms with van der Waals surface area (Å²) in [6.07, 6.45) is -0.231. The summed E-state index contributed by atoms with van der Waals surface area (Å²) in [5.41, 5.74) is 1.40. The van der Waals surface area contributed by atoms with Crippen molar-refractivity contribution in [1.82, 2.24) is 0 Å². The van der Waals surface area contributed by atoms with E-state index in [2.05, 4.69) is 0 Å². The van der Waals surface area contributed by atoms with Gasteiger partial charge in [0.15, 0.2) is 0 Å². The molecule has 0 aliphatic rings. The van der Waals surface area contributed by atoms with Gasteiger partial charge in [0.25, 0.3) is 0 Å². The lowest BCUT2D eigenvalue weighted by molar-refractivity contribution is 0.0599. The van der Waals surface area contributed by atoms with Crippen molar-refractivity contribution in [3.63, 3.8) is 0 Å². The Morgan fingerprint density at radius 2 is 1.48 bits per heavy atom. The molecule has 3 aromatic rings. The average Bonchev–Trinajstić information content (AvgIpc) is 2.77. The van der Waals surface area contributed by atoms with E-state index in [9.17, 15) is 4.79 Å². The molecule has 0 saturated carbocycles. The van der Waals surface area contributed by atoms with Gasteiger partial charge in [-0.2, -0.15) is 0 Å². The monoisotopic (exact) mass is 392 g/mol. The Labute approximate surface area is 170 Å². The van der Waals surface area contributed by atoms with Crippen LogP contribution >= 0.6 is 0 Å². The van der Waals surface area contributed by atoms with E-state index in [1.807, 2.05) is 67.6 Å². The van der Waals surface area contributed by atoms with Crippen LogP contribution in [0.15, 0.2) is 78.9 Å². The van der Waals surface area contributed by atoms with Crippen LogP contribution in [0.4, 0.5) is 0 Å². The number of carbonyl (C=O) groups excluding carboxylic acids is 1. The summed E-state index contributed by atoms with van der Waals surface area (Å²) in [6.45, 7) is 2.66. The zero-order chi connectivity index (χ0) is 20.5. The number of hydrogen-bond donors (Lipinski definition) is 0. The summed E-state index contributed by atoms with van der Waals surface area (Å²) in [5, 5.41) is 0. The highest BCUT2D eigenvalue weighted by Crippen LogP contribution is 2.25. The molecule has 3 aromatic carbocycles. The quantitative estimate of drug-likeness (QED) is 0.485. The van der Waals surface area contributed by atoms with Gasteiger partial charge in [0, 0.05) is 6.07 Å². The number of methoxy groups -OCH3 is 1. The SMILES string of the molecule is COC(=O)c1cc(OCc2ccccc2)cc(O[C@@H](C)COc2ccccc2)c1. The second-order valence-electron chi connectivity index (χ2n) is 6.51. The molecule has 0 aliphatic heterocycles. The first-order valence-electron chi connectivity index (χ1n) is 9.38. The summed E-state index contributed by atoms with van der Waals surface area (Å²) < 4.78 is 22.4. The highest BCUT2D eigenvalue weighted by atomic mass is 16.5. The normalized spacial score (nSPS) is 11.4. The van der Waals surface area contributed by atoms with Gasteiger partial charge in [-0.1, -0.05) is 48.5 Å². The highest BCUT2D eigenvalue weighted by Gasteiger charge is 2.13. The van der Waals surface area contributed by atoms with Crippen molar-refractivity contribution >= 4 is 5.97 Å². The van der Waals surface area contributed by atoms with Crippen molar-refractivity contribution in [2.24, 2.45) is 0 Å². The lowest BCUT2D eigenvalue weighted by atomic mass is 10.2. The molecule has 29 heavy (non-hydrogen) atoms. The number of ether oxygens (including phenoxy) is 4. The van der Waals surface area contributed by atoms with Crippen molar-refractivity contribution in [2.75, 3.05) is 13.7 Å². The van der Waals surface area contributed by atoms with Gasteiger partial charge in [0.2, 0.25) is 0 Å². The topological polar surface area (TPSA) is 54.0 Å². The van der Waals surface area contributed by atoms with Crippen molar-refractivity contribution < 1.29 is 23.7 Å². The van der Waals surface area contributed by atoms with Gasteiger partial charge in [-0.05, 0) is 36.8 Å². The minimum atomic E-state index is -0.451. The predicted octanol–water partition coefficient (Wildman–Crippen LogP) is 4.90. The Hall–Kier alpha value is -3.47. The van der Waals surface area contributed by atoms with Gasteiger partial charge in [-0.3, -0.25) is 0 Å². The number of carbonyl (C=O) groups is 1. The molecule has 0 radical (unpaired) electrons. The van der Waals surface area contributed by atoms with E-state index in [1.54, 1.807) is 18.2 Å². The summed E-state index contributed by atoms with van der Waals surface area (Å²) in [4.78, 5) is 12.0. The Morgan fingerprint density at radius 3 is 2.17 bits per heavy atom. The van der Waals surface area contributed by atoms with Gasteiger partial charge >= 0.3 is 5.97 Å². The van der Waals surface area contributed by atoms with Gasteiger partial charge < -0.3 is 18.9 Å². The van der Waals surface area contributed by atoms with Gasteiger partial charge in [-0.25, -0.2) is 4.79 Å². The maximum Gasteiger partial charge on any atom is 0.338 e. The maximum absolute atomic E-state index is 12.0. The minimum absolute atomic E-state index is 0.231. The Balaban J connectivity index is 1.68. The number of esters is 1. The third-order valence-electron chi connectivity index (χ3n) is 4.11. The van der Waals surface area contributed by atoms with Crippen molar-refractivity contribution in [1.29, 1.82) is 0 Å². The lowest BCUT2D eigenvalue weighted by Gasteiger charge is -2.17. The molecule has 0 aliphatic carbocycles. The van der Waals surface area contributed by atoms with E-state index < -0.39 is 5.97 Å². The van der Waals surface area contributed by atoms with E-state index in [0.717, 1.165) is 11.3 Å². The van der Waals surface area contributed by atoms with E-state index in [0.29, 0.717) is 30.3 Å². The largest absolute Gasteiger partial charge is 0.490 e. The Kier molecular flexibility index (Phi) is 7.11. The molecule has 0 saturated heterocycles. The third-order valence-corrected chi connectivity index (χ3v) is 4.11. The van der Waals surface area contributed by atoms with Crippen LogP contribution in [-0.2, 0) is 11.3 Å².